The zero-order chi connectivity index (χ0) is 17.5. The van der Waals surface area contributed by atoms with Crippen molar-refractivity contribution >= 4 is 36.4 Å². The molecule has 1 N–H and O–H groups in total. The summed E-state index contributed by atoms with van der Waals surface area (Å²) in [5.74, 6) is 0.908. The number of benzene rings is 2. The summed E-state index contributed by atoms with van der Waals surface area (Å²) in [6.07, 6.45) is 2.64. The van der Waals surface area contributed by atoms with Gasteiger partial charge in [-0.3, -0.25) is 4.90 Å². The van der Waals surface area contributed by atoms with Crippen molar-refractivity contribution in [3.8, 4) is 5.75 Å². The molecule has 0 radical (unpaired) electrons. The van der Waals surface area contributed by atoms with Crippen molar-refractivity contribution in [1.29, 1.82) is 0 Å². The SMILES string of the molecule is CCN1CCCC1CNCc1cccc(OCc2ccc(Cl)cc2)c1.Cl.Cl. The second kappa shape index (κ2) is 12.5. The summed E-state index contributed by atoms with van der Waals surface area (Å²) >= 11 is 5.91. The third-order valence-electron chi connectivity index (χ3n) is 4.83. The molecule has 0 aliphatic carbocycles. The third kappa shape index (κ3) is 7.52. The molecule has 0 amide bonds. The van der Waals surface area contributed by atoms with Crippen LogP contribution in [0.2, 0.25) is 5.02 Å². The van der Waals surface area contributed by atoms with Gasteiger partial charge >= 0.3 is 0 Å². The Morgan fingerprint density at radius 1 is 1.11 bits per heavy atom. The van der Waals surface area contributed by atoms with Crippen molar-refractivity contribution in [2.75, 3.05) is 19.6 Å². The molecule has 27 heavy (non-hydrogen) atoms. The predicted molar refractivity (Wildman–Crippen MR) is 119 cm³/mol. The molecular formula is C21H29Cl3N2O. The zero-order valence-corrected chi connectivity index (χ0v) is 18.1. The molecule has 1 unspecified atom stereocenters. The topological polar surface area (TPSA) is 24.5 Å². The van der Waals surface area contributed by atoms with E-state index in [2.05, 4.69) is 35.3 Å². The first-order valence-corrected chi connectivity index (χ1v) is 9.53. The van der Waals surface area contributed by atoms with Crippen LogP contribution in [0.15, 0.2) is 48.5 Å². The van der Waals surface area contributed by atoms with Crippen molar-refractivity contribution in [3.63, 3.8) is 0 Å². The smallest absolute Gasteiger partial charge is 0.120 e. The normalized spacial score (nSPS) is 16.4. The van der Waals surface area contributed by atoms with Crippen molar-refractivity contribution < 1.29 is 4.74 Å². The highest BCUT2D eigenvalue weighted by Gasteiger charge is 2.21. The highest BCUT2D eigenvalue weighted by atomic mass is 35.5. The first-order valence-electron chi connectivity index (χ1n) is 9.15. The summed E-state index contributed by atoms with van der Waals surface area (Å²) in [6.45, 7) is 7.15. The van der Waals surface area contributed by atoms with Gasteiger partial charge in [0.1, 0.15) is 12.4 Å². The summed E-state index contributed by atoms with van der Waals surface area (Å²) in [5.41, 5.74) is 2.38. The maximum Gasteiger partial charge on any atom is 0.120 e. The molecule has 1 heterocycles. The van der Waals surface area contributed by atoms with E-state index in [9.17, 15) is 0 Å². The summed E-state index contributed by atoms with van der Waals surface area (Å²) in [5, 5.41) is 4.35. The number of nitrogens with zero attached hydrogens (tertiary/aromatic N) is 1. The zero-order valence-electron chi connectivity index (χ0n) is 15.7. The molecule has 1 atom stereocenters. The Morgan fingerprint density at radius 2 is 1.89 bits per heavy atom. The Labute approximate surface area is 180 Å². The van der Waals surface area contributed by atoms with E-state index in [1.54, 1.807) is 0 Å². The first kappa shape index (κ1) is 24.1. The van der Waals surface area contributed by atoms with E-state index >= 15 is 0 Å². The molecule has 3 nitrogen and oxygen atoms in total. The largest absolute Gasteiger partial charge is 0.489 e. The number of ether oxygens (including phenoxy) is 1. The lowest BCUT2D eigenvalue weighted by Gasteiger charge is -2.23. The lowest BCUT2D eigenvalue weighted by atomic mass is 10.2. The fourth-order valence-electron chi connectivity index (χ4n) is 3.42. The molecule has 1 saturated heterocycles. The molecule has 2 aromatic rings. The van der Waals surface area contributed by atoms with Crippen LogP contribution in [0.1, 0.15) is 30.9 Å². The van der Waals surface area contributed by atoms with E-state index in [-0.39, 0.29) is 24.8 Å². The molecule has 2 aromatic carbocycles. The van der Waals surface area contributed by atoms with Crippen LogP contribution in [0.25, 0.3) is 0 Å². The number of likely N-dealkylation sites (tertiary alicyclic amines) is 1. The number of nitrogens with one attached hydrogen (secondary N) is 1. The lowest BCUT2D eigenvalue weighted by molar-refractivity contribution is 0.260. The van der Waals surface area contributed by atoms with E-state index in [1.807, 2.05) is 30.3 Å². The van der Waals surface area contributed by atoms with Crippen LogP contribution in [-0.2, 0) is 13.2 Å². The van der Waals surface area contributed by atoms with Gasteiger partial charge in [0.25, 0.3) is 0 Å². The average molecular weight is 432 g/mol. The number of hydrogen-bond acceptors (Lipinski definition) is 3. The van der Waals surface area contributed by atoms with Crippen molar-refractivity contribution in [3.05, 3.63) is 64.7 Å². The summed E-state index contributed by atoms with van der Waals surface area (Å²) in [4.78, 5) is 2.57. The Kier molecular flexibility index (Phi) is 11.1. The predicted octanol–water partition coefficient (Wildman–Crippen LogP) is 5.34. The van der Waals surface area contributed by atoms with Crippen LogP contribution in [0.3, 0.4) is 0 Å². The quantitative estimate of drug-likeness (QED) is 0.611. The molecule has 6 heteroatoms. The minimum Gasteiger partial charge on any atom is -0.489 e. The van der Waals surface area contributed by atoms with E-state index in [0.717, 1.165) is 36.0 Å². The highest BCUT2D eigenvalue weighted by molar-refractivity contribution is 6.30. The molecule has 0 aromatic heterocycles. The van der Waals surface area contributed by atoms with Gasteiger partial charge < -0.3 is 10.1 Å². The summed E-state index contributed by atoms with van der Waals surface area (Å²) in [6, 6.07) is 16.8. The maximum absolute atomic E-state index is 5.91. The number of hydrogen-bond donors (Lipinski definition) is 1. The van der Waals surface area contributed by atoms with Gasteiger partial charge in [-0.05, 0) is 61.3 Å². The Balaban J connectivity index is 0.00000182. The van der Waals surface area contributed by atoms with Crippen molar-refractivity contribution in [1.82, 2.24) is 10.2 Å². The molecule has 1 aliphatic heterocycles. The first-order chi connectivity index (χ1) is 12.2. The minimum absolute atomic E-state index is 0. The molecular weight excluding hydrogens is 403 g/mol. The van der Waals surface area contributed by atoms with Gasteiger partial charge in [-0.25, -0.2) is 0 Å². The van der Waals surface area contributed by atoms with Crippen molar-refractivity contribution in [2.24, 2.45) is 0 Å². The molecule has 1 fully saturated rings. The van der Waals surface area contributed by atoms with E-state index in [0.29, 0.717) is 12.6 Å². The molecule has 0 saturated carbocycles. The molecule has 150 valence electrons. The van der Waals surface area contributed by atoms with Gasteiger partial charge in [-0.1, -0.05) is 42.8 Å². The van der Waals surface area contributed by atoms with Crippen LogP contribution in [0.5, 0.6) is 5.75 Å². The highest BCUT2D eigenvalue weighted by Crippen LogP contribution is 2.18. The summed E-state index contributed by atoms with van der Waals surface area (Å²) in [7, 11) is 0. The van der Waals surface area contributed by atoms with Crippen LogP contribution in [0, 0.1) is 0 Å². The number of likely N-dealkylation sites (N-methyl/N-ethyl adjacent to an activating group) is 1. The number of halogens is 3. The molecule has 1 aliphatic rings. The van der Waals surface area contributed by atoms with Crippen LogP contribution in [0.4, 0.5) is 0 Å². The van der Waals surface area contributed by atoms with E-state index in [1.165, 1.54) is 24.9 Å². The fraction of sp³-hybridized carbons (Fsp3) is 0.429. The van der Waals surface area contributed by atoms with Crippen LogP contribution < -0.4 is 10.1 Å². The van der Waals surface area contributed by atoms with E-state index in [4.69, 9.17) is 16.3 Å². The molecule has 3 rings (SSSR count). The van der Waals surface area contributed by atoms with Crippen molar-refractivity contribution in [2.45, 2.75) is 39.0 Å². The molecule has 0 spiro atoms. The van der Waals surface area contributed by atoms with Gasteiger partial charge in [0.15, 0.2) is 0 Å². The van der Waals surface area contributed by atoms with Crippen LogP contribution in [-0.4, -0.2) is 30.6 Å². The van der Waals surface area contributed by atoms with Gasteiger partial charge in [0.05, 0.1) is 0 Å². The Hall–Kier alpha value is -0.970. The average Bonchev–Trinajstić information content (AvgIpc) is 3.09. The second-order valence-electron chi connectivity index (χ2n) is 6.62. The Bertz CT molecular complexity index is 667. The standard InChI is InChI=1S/C21H27ClN2O.2ClH/c1-2-24-12-4-6-20(24)15-23-14-18-5-3-7-21(13-18)25-16-17-8-10-19(22)11-9-17;;/h3,5,7-11,13,20,23H,2,4,6,12,14-16H2,1H3;2*1H. The van der Waals surface area contributed by atoms with Crippen LogP contribution >= 0.6 is 36.4 Å². The van der Waals surface area contributed by atoms with Gasteiger partial charge in [0, 0.05) is 24.2 Å². The van der Waals surface area contributed by atoms with Gasteiger partial charge in [-0.15, -0.1) is 24.8 Å². The lowest BCUT2D eigenvalue weighted by Crippen LogP contribution is -2.37. The monoisotopic (exact) mass is 430 g/mol. The van der Waals surface area contributed by atoms with Gasteiger partial charge in [-0.2, -0.15) is 0 Å². The Morgan fingerprint density at radius 3 is 2.63 bits per heavy atom. The fourth-order valence-corrected chi connectivity index (χ4v) is 3.54. The second-order valence-corrected chi connectivity index (χ2v) is 7.05. The van der Waals surface area contributed by atoms with E-state index < -0.39 is 0 Å². The van der Waals surface area contributed by atoms with Gasteiger partial charge in [0.2, 0.25) is 0 Å². The molecule has 0 bridgehead atoms. The number of rotatable bonds is 8. The third-order valence-corrected chi connectivity index (χ3v) is 5.08. The maximum atomic E-state index is 5.91. The summed E-state index contributed by atoms with van der Waals surface area (Å²) < 4.78 is 5.91. The minimum atomic E-state index is 0.